The summed E-state index contributed by atoms with van der Waals surface area (Å²) in [4.78, 5) is -0.111. The van der Waals surface area contributed by atoms with Crippen LogP contribution in [0.4, 0.5) is 0 Å². The number of aliphatic hydroxyl groups is 2. The Bertz CT molecular complexity index is 550. The largest absolute Gasteiger partial charge is 0.394 e. The lowest BCUT2D eigenvalue weighted by molar-refractivity contribution is 0.0826. The van der Waals surface area contributed by atoms with Gasteiger partial charge >= 0.3 is 0 Å². The first kappa shape index (κ1) is 14.6. The van der Waals surface area contributed by atoms with Gasteiger partial charge in [0.2, 0.25) is 10.0 Å². The third kappa shape index (κ3) is 3.05. The zero-order valence-corrected chi connectivity index (χ0v) is 10.6. The van der Waals surface area contributed by atoms with Crippen molar-refractivity contribution in [3.05, 3.63) is 29.8 Å². The third-order valence-electron chi connectivity index (χ3n) is 2.37. The van der Waals surface area contributed by atoms with Crippen LogP contribution in [0, 0.1) is 11.3 Å². The van der Waals surface area contributed by atoms with Crippen LogP contribution in [0.2, 0.25) is 0 Å². The van der Waals surface area contributed by atoms with E-state index in [9.17, 15) is 13.5 Å². The van der Waals surface area contributed by atoms with Gasteiger partial charge in [-0.2, -0.15) is 9.57 Å². The summed E-state index contributed by atoms with van der Waals surface area (Å²) in [6, 6.07) is 7.63. The first-order valence-corrected chi connectivity index (χ1v) is 6.62. The maximum absolute atomic E-state index is 12.1. The van der Waals surface area contributed by atoms with Crippen molar-refractivity contribution in [3.63, 3.8) is 0 Å². The maximum Gasteiger partial charge on any atom is 0.244 e. The molecule has 6 nitrogen and oxygen atoms in total. The van der Waals surface area contributed by atoms with Crippen LogP contribution in [0.3, 0.4) is 0 Å². The molecule has 1 atom stereocenters. The molecule has 98 valence electrons. The summed E-state index contributed by atoms with van der Waals surface area (Å²) in [7, 11) is -2.57. The van der Waals surface area contributed by atoms with Crippen molar-refractivity contribution in [2.24, 2.45) is 0 Å². The summed E-state index contributed by atoms with van der Waals surface area (Å²) >= 11 is 0. The summed E-state index contributed by atoms with van der Waals surface area (Å²) in [5.41, 5.74) is 0.0443. The van der Waals surface area contributed by atoms with Gasteiger partial charge < -0.3 is 10.2 Å². The van der Waals surface area contributed by atoms with Crippen molar-refractivity contribution in [1.29, 1.82) is 5.26 Å². The van der Waals surface area contributed by atoms with E-state index in [1.165, 1.54) is 25.2 Å². The van der Waals surface area contributed by atoms with Crippen LogP contribution in [0.5, 0.6) is 0 Å². The van der Waals surface area contributed by atoms with Crippen molar-refractivity contribution < 1.29 is 18.6 Å². The Morgan fingerprint density at radius 1 is 1.44 bits per heavy atom. The third-order valence-corrected chi connectivity index (χ3v) is 4.26. The summed E-state index contributed by atoms with van der Waals surface area (Å²) in [5.74, 6) is 0. The van der Waals surface area contributed by atoms with Gasteiger partial charge in [0.15, 0.2) is 0 Å². The van der Waals surface area contributed by atoms with Gasteiger partial charge in [-0.15, -0.1) is 0 Å². The van der Waals surface area contributed by atoms with Crippen molar-refractivity contribution in [3.8, 4) is 6.07 Å². The molecule has 1 unspecified atom stereocenters. The highest BCUT2D eigenvalue weighted by molar-refractivity contribution is 7.89. The second kappa shape index (κ2) is 5.93. The molecule has 0 radical (unpaired) electrons. The Labute approximate surface area is 106 Å². The number of aliphatic hydroxyl groups excluding tert-OH is 2. The smallest absolute Gasteiger partial charge is 0.244 e. The molecule has 18 heavy (non-hydrogen) atoms. The zero-order valence-electron chi connectivity index (χ0n) is 9.81. The molecule has 0 heterocycles. The molecule has 7 heteroatoms. The molecular formula is C11H14N2O4S. The SMILES string of the molecule is CN(CC(O)CO)S(=O)(=O)c1ccccc1C#N. The van der Waals surface area contributed by atoms with Crippen molar-refractivity contribution in [1.82, 2.24) is 4.31 Å². The number of nitriles is 1. The second-order valence-corrected chi connectivity index (χ2v) is 5.74. The molecule has 0 saturated carbocycles. The lowest BCUT2D eigenvalue weighted by atomic mass is 10.2. The topological polar surface area (TPSA) is 102 Å². The molecule has 0 bridgehead atoms. The molecule has 0 aliphatic rings. The molecule has 1 aromatic rings. The van der Waals surface area contributed by atoms with E-state index in [-0.39, 0.29) is 17.0 Å². The average Bonchev–Trinajstić information content (AvgIpc) is 2.38. The van der Waals surface area contributed by atoms with E-state index in [0.717, 1.165) is 4.31 Å². The Hall–Kier alpha value is -1.46. The molecule has 1 aromatic carbocycles. The number of rotatable bonds is 5. The van der Waals surface area contributed by atoms with E-state index in [4.69, 9.17) is 10.4 Å². The Balaban J connectivity index is 3.10. The highest BCUT2D eigenvalue weighted by atomic mass is 32.2. The van der Waals surface area contributed by atoms with E-state index < -0.39 is 22.7 Å². The summed E-state index contributed by atoms with van der Waals surface area (Å²) in [5, 5.41) is 26.8. The van der Waals surface area contributed by atoms with Crippen molar-refractivity contribution in [2.75, 3.05) is 20.2 Å². The summed E-state index contributed by atoms with van der Waals surface area (Å²) in [6.45, 7) is -0.766. The van der Waals surface area contributed by atoms with Crippen molar-refractivity contribution in [2.45, 2.75) is 11.0 Å². The van der Waals surface area contributed by atoms with Gasteiger partial charge in [0.25, 0.3) is 0 Å². The molecule has 0 amide bonds. The summed E-state index contributed by atoms with van der Waals surface area (Å²) < 4.78 is 25.2. The van der Waals surface area contributed by atoms with Gasteiger partial charge in [0, 0.05) is 13.6 Å². The van der Waals surface area contributed by atoms with E-state index in [1.807, 2.05) is 0 Å². The molecule has 0 saturated heterocycles. The lowest BCUT2D eigenvalue weighted by Gasteiger charge is -2.19. The fourth-order valence-electron chi connectivity index (χ4n) is 1.40. The number of hydrogen-bond donors (Lipinski definition) is 2. The van der Waals surface area contributed by atoms with Crippen LogP contribution in [0.25, 0.3) is 0 Å². The molecule has 0 fully saturated rings. The van der Waals surface area contributed by atoms with Crippen LogP contribution < -0.4 is 0 Å². The number of nitrogens with zero attached hydrogens (tertiary/aromatic N) is 2. The lowest BCUT2D eigenvalue weighted by Crippen LogP contribution is -2.36. The highest BCUT2D eigenvalue weighted by Gasteiger charge is 2.25. The number of benzene rings is 1. The van der Waals surface area contributed by atoms with Gasteiger partial charge in [-0.1, -0.05) is 12.1 Å². The molecule has 0 spiro atoms. The molecule has 0 aliphatic carbocycles. The highest BCUT2D eigenvalue weighted by Crippen LogP contribution is 2.18. The van der Waals surface area contributed by atoms with Gasteiger partial charge in [0.05, 0.1) is 23.2 Å². The van der Waals surface area contributed by atoms with Crippen LogP contribution in [0.15, 0.2) is 29.2 Å². The van der Waals surface area contributed by atoms with E-state index in [1.54, 1.807) is 12.1 Å². The van der Waals surface area contributed by atoms with E-state index >= 15 is 0 Å². The Morgan fingerprint density at radius 3 is 2.61 bits per heavy atom. The number of likely N-dealkylation sites (N-methyl/N-ethyl adjacent to an activating group) is 1. The fourth-order valence-corrected chi connectivity index (χ4v) is 2.75. The van der Waals surface area contributed by atoms with Gasteiger partial charge in [-0.25, -0.2) is 8.42 Å². The maximum atomic E-state index is 12.1. The quantitative estimate of drug-likeness (QED) is 0.753. The normalized spacial score (nSPS) is 13.3. The van der Waals surface area contributed by atoms with Crippen LogP contribution >= 0.6 is 0 Å². The van der Waals surface area contributed by atoms with E-state index in [0.29, 0.717) is 0 Å². The Kier molecular flexibility index (Phi) is 4.81. The minimum atomic E-state index is -3.85. The van der Waals surface area contributed by atoms with Gasteiger partial charge in [0.1, 0.15) is 6.07 Å². The van der Waals surface area contributed by atoms with Gasteiger partial charge in [-0.05, 0) is 12.1 Å². The Morgan fingerprint density at radius 2 is 2.06 bits per heavy atom. The van der Waals surface area contributed by atoms with Crippen LogP contribution in [-0.2, 0) is 10.0 Å². The van der Waals surface area contributed by atoms with Crippen molar-refractivity contribution >= 4 is 10.0 Å². The predicted molar refractivity (Wildman–Crippen MR) is 64.1 cm³/mol. The van der Waals surface area contributed by atoms with Crippen LogP contribution in [-0.4, -0.2) is 49.2 Å². The number of sulfonamides is 1. The standard InChI is InChI=1S/C11H14N2O4S/c1-13(7-10(15)8-14)18(16,17)11-5-3-2-4-9(11)6-12/h2-5,10,14-15H,7-8H2,1H3. The molecule has 0 aromatic heterocycles. The zero-order chi connectivity index (χ0) is 13.8. The molecule has 1 rings (SSSR count). The number of hydrogen-bond acceptors (Lipinski definition) is 5. The van der Waals surface area contributed by atoms with Crippen LogP contribution in [0.1, 0.15) is 5.56 Å². The predicted octanol–water partition coefficient (Wildman–Crippen LogP) is -0.468. The minimum Gasteiger partial charge on any atom is -0.394 e. The fraction of sp³-hybridized carbons (Fsp3) is 0.364. The average molecular weight is 270 g/mol. The van der Waals surface area contributed by atoms with E-state index in [2.05, 4.69) is 0 Å². The molecule has 0 aliphatic heterocycles. The monoisotopic (exact) mass is 270 g/mol. The van der Waals surface area contributed by atoms with Gasteiger partial charge in [-0.3, -0.25) is 0 Å². The first-order chi connectivity index (χ1) is 8.43. The molecular weight excluding hydrogens is 256 g/mol. The first-order valence-electron chi connectivity index (χ1n) is 5.18. The second-order valence-electron chi connectivity index (χ2n) is 3.73. The summed E-state index contributed by atoms with van der Waals surface area (Å²) in [6.07, 6.45) is -1.15. The minimum absolute atomic E-state index is 0.0443. The molecule has 2 N–H and O–H groups in total.